The van der Waals surface area contributed by atoms with Crippen LogP contribution in [-0.4, -0.2) is 23.5 Å². The maximum atomic E-state index is 11.5. The molecule has 1 aromatic carbocycles. The quantitative estimate of drug-likeness (QED) is 0.806. The van der Waals surface area contributed by atoms with Crippen molar-refractivity contribution in [3.05, 3.63) is 36.2 Å². The van der Waals surface area contributed by atoms with Gasteiger partial charge in [0.25, 0.3) is 0 Å². The number of ether oxygens (including phenoxy) is 2. The average Bonchev–Trinajstić information content (AvgIpc) is 2.58. The van der Waals surface area contributed by atoms with Gasteiger partial charge in [-0.25, -0.2) is 0 Å². The lowest BCUT2D eigenvalue weighted by atomic mass is 9.94. The van der Waals surface area contributed by atoms with E-state index in [1.165, 1.54) is 6.92 Å². The minimum atomic E-state index is -0.212. The zero-order chi connectivity index (χ0) is 19.6. The summed E-state index contributed by atoms with van der Waals surface area (Å²) >= 11 is 0. The van der Waals surface area contributed by atoms with Crippen LogP contribution in [-0.2, 0) is 4.79 Å². The molecule has 1 aliphatic rings. The minimum Gasteiger partial charge on any atom is -0.492 e. The summed E-state index contributed by atoms with van der Waals surface area (Å²) in [7, 11) is 0. The maximum absolute atomic E-state index is 11.5. The zero-order valence-electron chi connectivity index (χ0n) is 16.3. The summed E-state index contributed by atoms with van der Waals surface area (Å²) in [4.78, 5) is 15.8. The summed E-state index contributed by atoms with van der Waals surface area (Å²) in [5.41, 5.74) is 9.60. The summed E-state index contributed by atoms with van der Waals surface area (Å²) < 4.78 is 12.0. The summed E-state index contributed by atoms with van der Waals surface area (Å²) in [6, 6.07) is 5.77. The van der Waals surface area contributed by atoms with Crippen LogP contribution in [0, 0.1) is 5.92 Å². The molecule has 144 valence electrons. The lowest BCUT2D eigenvalue weighted by molar-refractivity contribution is -0.114. The highest BCUT2D eigenvalue weighted by Gasteiger charge is 2.27. The Morgan fingerprint density at radius 2 is 2.11 bits per heavy atom. The van der Waals surface area contributed by atoms with E-state index in [1.807, 2.05) is 25.1 Å². The largest absolute Gasteiger partial charge is 0.492 e. The van der Waals surface area contributed by atoms with Gasteiger partial charge in [-0.1, -0.05) is 13.8 Å². The van der Waals surface area contributed by atoms with Gasteiger partial charge in [-0.2, -0.15) is 0 Å². The molecule has 0 spiro atoms. The lowest BCUT2D eigenvalue weighted by Crippen LogP contribution is -2.29. The van der Waals surface area contributed by atoms with Gasteiger partial charge < -0.3 is 20.5 Å². The Hall–Kier alpha value is -2.60. The third kappa shape index (κ3) is 4.39. The topological polar surface area (TPSA) is 86.5 Å². The van der Waals surface area contributed by atoms with Gasteiger partial charge in [0, 0.05) is 41.9 Å². The number of aromatic nitrogens is 1. The number of anilines is 1. The molecule has 1 aromatic heterocycles. The molecule has 2 atom stereocenters. The van der Waals surface area contributed by atoms with Gasteiger partial charge >= 0.3 is 0 Å². The normalized spacial score (nSPS) is 16.1. The third-order valence-corrected chi connectivity index (χ3v) is 4.49. The molecule has 0 saturated heterocycles. The number of nitrogens with one attached hydrogen (secondary N) is 1. The second kappa shape index (κ2) is 7.96. The highest BCUT2D eigenvalue weighted by atomic mass is 16.5. The van der Waals surface area contributed by atoms with E-state index in [4.69, 9.17) is 15.2 Å². The first-order chi connectivity index (χ1) is 12.8. The molecule has 1 aliphatic heterocycles. The molecular weight excluding hydrogens is 342 g/mol. The fourth-order valence-electron chi connectivity index (χ4n) is 3.45. The summed E-state index contributed by atoms with van der Waals surface area (Å²) in [6.45, 7) is 8.20. The Labute approximate surface area is 160 Å². The number of carbonyl (C=O) groups excluding carboxylic acids is 1. The lowest BCUT2D eigenvalue weighted by Gasteiger charge is -2.28. The first-order valence-corrected chi connectivity index (χ1v) is 9.30. The van der Waals surface area contributed by atoms with Crippen LogP contribution in [0.2, 0.25) is 0 Å². The molecule has 0 fully saturated rings. The molecule has 2 heterocycles. The van der Waals surface area contributed by atoms with Gasteiger partial charge in [0.15, 0.2) is 0 Å². The van der Waals surface area contributed by atoms with Gasteiger partial charge in [-0.05, 0) is 31.4 Å². The number of rotatable bonds is 6. The van der Waals surface area contributed by atoms with E-state index in [9.17, 15) is 4.79 Å². The monoisotopic (exact) mass is 369 g/mol. The standard InChI is InChI=1S/C21H27N3O3/c1-12(2)7-15(22)11-26-16-5-6-17-18-9-23-10-19(24-14(4)25)21(18)13(3)27-20(17)8-16/h5-6,8-10,12-13,15H,7,11,22H2,1-4H3,(H,24,25)/t13?,15-/m0/s1. The molecule has 0 radical (unpaired) electrons. The minimum absolute atomic E-state index is 0.00557. The zero-order valence-corrected chi connectivity index (χ0v) is 16.3. The molecule has 6 nitrogen and oxygen atoms in total. The van der Waals surface area contributed by atoms with E-state index in [2.05, 4.69) is 24.1 Å². The van der Waals surface area contributed by atoms with E-state index in [-0.39, 0.29) is 18.1 Å². The van der Waals surface area contributed by atoms with Crippen LogP contribution in [0.3, 0.4) is 0 Å². The summed E-state index contributed by atoms with van der Waals surface area (Å²) in [5, 5.41) is 2.83. The van der Waals surface area contributed by atoms with E-state index in [1.54, 1.807) is 12.4 Å². The van der Waals surface area contributed by atoms with Gasteiger partial charge in [-0.15, -0.1) is 0 Å². The van der Waals surface area contributed by atoms with Crippen LogP contribution < -0.4 is 20.5 Å². The number of carbonyl (C=O) groups is 1. The molecule has 3 N–H and O–H groups in total. The van der Waals surface area contributed by atoms with E-state index >= 15 is 0 Å². The number of pyridine rings is 1. The molecule has 0 bridgehead atoms. The second-order valence-corrected chi connectivity index (χ2v) is 7.45. The third-order valence-electron chi connectivity index (χ3n) is 4.49. The van der Waals surface area contributed by atoms with Crippen molar-refractivity contribution in [2.45, 2.75) is 46.3 Å². The summed E-state index contributed by atoms with van der Waals surface area (Å²) in [6.07, 6.45) is 4.16. The van der Waals surface area contributed by atoms with Crippen LogP contribution in [0.5, 0.6) is 11.5 Å². The van der Waals surface area contributed by atoms with Gasteiger partial charge in [0.1, 0.15) is 24.2 Å². The molecule has 0 aliphatic carbocycles. The predicted octanol–water partition coefficient (Wildman–Crippen LogP) is 3.91. The van der Waals surface area contributed by atoms with Gasteiger partial charge in [0.05, 0.1) is 11.9 Å². The van der Waals surface area contributed by atoms with Crippen molar-refractivity contribution in [1.29, 1.82) is 0 Å². The molecule has 3 rings (SSSR count). The van der Waals surface area contributed by atoms with Crippen molar-refractivity contribution in [3.63, 3.8) is 0 Å². The Morgan fingerprint density at radius 1 is 1.33 bits per heavy atom. The average molecular weight is 369 g/mol. The smallest absolute Gasteiger partial charge is 0.221 e. The van der Waals surface area contributed by atoms with Gasteiger partial charge in [-0.3, -0.25) is 9.78 Å². The first-order valence-electron chi connectivity index (χ1n) is 9.30. The number of fused-ring (bicyclic) bond motifs is 3. The number of nitrogens with zero attached hydrogens (tertiary/aromatic N) is 1. The van der Waals surface area contributed by atoms with Crippen molar-refractivity contribution in [1.82, 2.24) is 4.98 Å². The highest BCUT2D eigenvalue weighted by molar-refractivity contribution is 5.92. The number of hydrogen-bond acceptors (Lipinski definition) is 5. The SMILES string of the molecule is CC(=O)Nc1cncc2c1C(C)Oc1cc(OC[C@@H](N)CC(C)C)ccc1-2. The molecule has 1 unspecified atom stereocenters. The van der Waals surface area contributed by atoms with Crippen molar-refractivity contribution >= 4 is 11.6 Å². The Morgan fingerprint density at radius 3 is 2.81 bits per heavy atom. The van der Waals surface area contributed by atoms with Crippen molar-refractivity contribution in [3.8, 4) is 22.6 Å². The first kappa shape index (κ1) is 19.2. The molecule has 27 heavy (non-hydrogen) atoms. The van der Waals surface area contributed by atoms with Crippen molar-refractivity contribution in [2.24, 2.45) is 11.7 Å². The van der Waals surface area contributed by atoms with E-state index in [0.29, 0.717) is 18.2 Å². The fraction of sp³-hybridized carbons (Fsp3) is 0.429. The molecule has 0 saturated carbocycles. The van der Waals surface area contributed by atoms with E-state index < -0.39 is 0 Å². The molecule has 1 amide bonds. The predicted molar refractivity (Wildman–Crippen MR) is 106 cm³/mol. The second-order valence-electron chi connectivity index (χ2n) is 7.45. The summed E-state index contributed by atoms with van der Waals surface area (Å²) in [5.74, 6) is 1.88. The fourth-order valence-corrected chi connectivity index (χ4v) is 3.45. The van der Waals surface area contributed by atoms with Crippen LogP contribution in [0.25, 0.3) is 11.1 Å². The van der Waals surface area contributed by atoms with Crippen LogP contribution in [0.4, 0.5) is 5.69 Å². The highest BCUT2D eigenvalue weighted by Crippen LogP contribution is 2.45. The number of amides is 1. The van der Waals surface area contributed by atoms with Crippen molar-refractivity contribution < 1.29 is 14.3 Å². The molecular formula is C21H27N3O3. The number of nitrogens with two attached hydrogens (primary N) is 1. The van der Waals surface area contributed by atoms with Crippen LogP contribution >= 0.6 is 0 Å². The Balaban J connectivity index is 1.85. The Bertz CT molecular complexity index is 835. The maximum Gasteiger partial charge on any atom is 0.221 e. The molecule has 2 aromatic rings. The molecule has 6 heteroatoms. The number of benzene rings is 1. The van der Waals surface area contributed by atoms with Crippen molar-refractivity contribution in [2.75, 3.05) is 11.9 Å². The number of hydrogen-bond donors (Lipinski definition) is 2. The van der Waals surface area contributed by atoms with Crippen LogP contribution in [0.15, 0.2) is 30.6 Å². The van der Waals surface area contributed by atoms with Gasteiger partial charge in [0.2, 0.25) is 5.91 Å². The Kier molecular flexibility index (Phi) is 5.65. The van der Waals surface area contributed by atoms with E-state index in [0.717, 1.165) is 34.6 Å². The van der Waals surface area contributed by atoms with Crippen LogP contribution in [0.1, 0.15) is 45.8 Å².